The van der Waals surface area contributed by atoms with Gasteiger partial charge >= 0.3 is 17.3 Å². The molecule has 0 atom stereocenters. The van der Waals surface area contributed by atoms with Crippen molar-refractivity contribution in [3.05, 3.63) is 32.4 Å². The first-order valence-corrected chi connectivity index (χ1v) is 7.05. The van der Waals surface area contributed by atoms with E-state index in [9.17, 15) is 33.4 Å². The number of carboxylic acid groups (broad SMARTS) is 1. The van der Waals surface area contributed by atoms with Crippen LogP contribution in [0.1, 0.15) is 0 Å². The first-order chi connectivity index (χ1) is 9.54. The summed E-state index contributed by atoms with van der Waals surface area (Å²) in [4.78, 5) is 29.6. The van der Waals surface area contributed by atoms with Gasteiger partial charge in [0.2, 0.25) is 0 Å². The van der Waals surface area contributed by atoms with Crippen LogP contribution in [-0.2, 0) is 14.6 Å². The molecule has 1 rings (SSSR count). The molecule has 0 radical (unpaired) electrons. The lowest BCUT2D eigenvalue weighted by molar-refractivity contribution is -0.392. The van der Waals surface area contributed by atoms with Gasteiger partial charge in [0.1, 0.15) is 6.54 Å². The van der Waals surface area contributed by atoms with Gasteiger partial charge < -0.3 is 10.4 Å². The molecule has 0 aromatic heterocycles. The maximum atomic E-state index is 11.4. The summed E-state index contributed by atoms with van der Waals surface area (Å²) < 4.78 is 22.8. The first kappa shape index (κ1) is 16.3. The summed E-state index contributed by atoms with van der Waals surface area (Å²) >= 11 is 0. The van der Waals surface area contributed by atoms with Crippen LogP contribution < -0.4 is 5.32 Å². The van der Waals surface area contributed by atoms with E-state index in [-0.39, 0.29) is 0 Å². The molecular weight excluding hydrogens is 310 g/mol. The summed E-state index contributed by atoms with van der Waals surface area (Å²) in [5.74, 6) is -1.40. The average Bonchev–Trinajstić information content (AvgIpc) is 2.33. The molecule has 114 valence electrons. The molecule has 0 aliphatic heterocycles. The number of rotatable bonds is 6. The van der Waals surface area contributed by atoms with E-state index < -0.39 is 54.2 Å². The number of benzene rings is 1. The van der Waals surface area contributed by atoms with Crippen LogP contribution in [0.2, 0.25) is 0 Å². The number of hydrogen-bond acceptors (Lipinski definition) is 8. The fraction of sp³-hybridized carbons (Fsp3) is 0.222. The molecular formula is C9H9N3O8S. The van der Waals surface area contributed by atoms with Gasteiger partial charge in [-0.3, -0.25) is 25.0 Å². The van der Waals surface area contributed by atoms with Gasteiger partial charge in [-0.1, -0.05) is 0 Å². The minimum Gasteiger partial charge on any atom is -0.480 e. The molecule has 11 nitrogen and oxygen atoms in total. The summed E-state index contributed by atoms with van der Waals surface area (Å²) in [6.45, 7) is -0.806. The zero-order valence-electron chi connectivity index (χ0n) is 10.5. The molecule has 0 amide bonds. The van der Waals surface area contributed by atoms with E-state index in [0.29, 0.717) is 12.1 Å². The van der Waals surface area contributed by atoms with Crippen LogP contribution in [0.15, 0.2) is 17.0 Å². The minimum atomic E-state index is -3.92. The van der Waals surface area contributed by atoms with Gasteiger partial charge in [0.25, 0.3) is 0 Å². The Kier molecular flexibility index (Phi) is 4.42. The summed E-state index contributed by atoms with van der Waals surface area (Å²) in [6, 6.07) is 1.26. The van der Waals surface area contributed by atoms with Gasteiger partial charge in [0.15, 0.2) is 15.5 Å². The van der Waals surface area contributed by atoms with E-state index >= 15 is 0 Å². The lowest BCUT2D eigenvalue weighted by atomic mass is 10.2. The van der Waals surface area contributed by atoms with Crippen LogP contribution in [0.4, 0.5) is 17.1 Å². The number of hydrogen-bond donors (Lipinski definition) is 2. The number of carbonyl (C=O) groups is 1. The van der Waals surface area contributed by atoms with Crippen molar-refractivity contribution in [2.45, 2.75) is 4.90 Å². The molecule has 2 N–H and O–H groups in total. The van der Waals surface area contributed by atoms with Crippen LogP contribution >= 0.6 is 0 Å². The van der Waals surface area contributed by atoms with Crippen molar-refractivity contribution in [3.63, 3.8) is 0 Å². The molecule has 0 unspecified atom stereocenters. The predicted octanol–water partition coefficient (Wildman–Crippen LogP) is 0.403. The molecule has 0 saturated carbocycles. The summed E-state index contributed by atoms with van der Waals surface area (Å²) in [7, 11) is -3.92. The fourth-order valence-corrected chi connectivity index (χ4v) is 2.09. The van der Waals surface area contributed by atoms with Gasteiger partial charge in [0, 0.05) is 18.4 Å². The van der Waals surface area contributed by atoms with E-state index in [1.54, 1.807) is 0 Å². The lowest BCUT2D eigenvalue weighted by Gasteiger charge is -2.07. The molecule has 21 heavy (non-hydrogen) atoms. The zero-order valence-corrected chi connectivity index (χ0v) is 11.3. The first-order valence-electron chi connectivity index (χ1n) is 5.16. The Morgan fingerprint density at radius 1 is 1.24 bits per heavy atom. The SMILES string of the molecule is CS(=O)(=O)c1cc([N+](=O)[O-])c(NCC(=O)O)c([N+](=O)[O-])c1. The van der Waals surface area contributed by atoms with Crippen molar-refractivity contribution in [2.75, 3.05) is 18.1 Å². The second-order valence-corrected chi connectivity index (χ2v) is 5.89. The van der Waals surface area contributed by atoms with Gasteiger partial charge in [0.05, 0.1) is 14.7 Å². The van der Waals surface area contributed by atoms with E-state index in [4.69, 9.17) is 5.11 Å². The number of aliphatic carboxylic acids is 1. The van der Waals surface area contributed by atoms with Crippen LogP contribution in [0.5, 0.6) is 0 Å². The van der Waals surface area contributed by atoms with Gasteiger partial charge in [-0.05, 0) is 0 Å². The van der Waals surface area contributed by atoms with E-state index in [2.05, 4.69) is 0 Å². The molecule has 0 saturated heterocycles. The standard InChI is InChI=1S/C9H9N3O8S/c1-21(19,20)5-2-6(11(15)16)9(10-4-8(13)14)7(3-5)12(17)18/h2-3,10H,4H2,1H3,(H,13,14). The van der Waals surface area contributed by atoms with Gasteiger partial charge in [-0.25, -0.2) is 8.42 Å². The summed E-state index contributed by atoms with van der Waals surface area (Å²) in [5.41, 5.74) is -2.46. The Balaban J connectivity index is 3.62. The molecule has 0 aliphatic rings. The van der Waals surface area contributed by atoms with Crippen molar-refractivity contribution < 1.29 is 28.2 Å². The van der Waals surface area contributed by atoms with Crippen molar-refractivity contribution in [1.29, 1.82) is 0 Å². The van der Waals surface area contributed by atoms with Crippen LogP contribution in [0.3, 0.4) is 0 Å². The number of anilines is 1. The Bertz CT molecular complexity index is 692. The quantitative estimate of drug-likeness (QED) is 0.556. The summed E-state index contributed by atoms with van der Waals surface area (Å²) in [6.07, 6.45) is 0.736. The monoisotopic (exact) mass is 319 g/mol. The number of nitro benzene ring substituents is 2. The van der Waals surface area contributed by atoms with Crippen molar-refractivity contribution in [1.82, 2.24) is 0 Å². The zero-order chi connectivity index (χ0) is 16.4. The molecule has 0 bridgehead atoms. The number of sulfone groups is 1. The molecule has 0 aliphatic carbocycles. The number of nitrogens with one attached hydrogen (secondary N) is 1. The predicted molar refractivity (Wildman–Crippen MR) is 69.0 cm³/mol. The third-order valence-corrected chi connectivity index (χ3v) is 3.40. The molecule has 0 fully saturated rings. The fourth-order valence-electron chi connectivity index (χ4n) is 1.43. The maximum Gasteiger partial charge on any atom is 0.322 e. The largest absolute Gasteiger partial charge is 0.480 e. The highest BCUT2D eigenvalue weighted by atomic mass is 32.2. The Labute approximate surface area is 117 Å². The molecule has 1 aromatic carbocycles. The second-order valence-electron chi connectivity index (χ2n) is 3.87. The molecule has 1 aromatic rings. The Hall–Kier alpha value is -2.76. The highest BCUT2D eigenvalue weighted by molar-refractivity contribution is 7.90. The van der Waals surface area contributed by atoms with Gasteiger partial charge in [-0.15, -0.1) is 0 Å². The van der Waals surface area contributed by atoms with Crippen LogP contribution in [0, 0.1) is 20.2 Å². The highest BCUT2D eigenvalue weighted by Gasteiger charge is 2.29. The van der Waals surface area contributed by atoms with Crippen molar-refractivity contribution in [3.8, 4) is 0 Å². The third-order valence-electron chi connectivity index (χ3n) is 2.31. The topological polar surface area (TPSA) is 170 Å². The van der Waals surface area contributed by atoms with E-state index in [1.165, 1.54) is 0 Å². The van der Waals surface area contributed by atoms with E-state index in [1.807, 2.05) is 5.32 Å². The Morgan fingerprint density at radius 3 is 1.95 bits per heavy atom. The minimum absolute atomic E-state index is 0.609. The second kappa shape index (κ2) is 5.70. The normalized spacial score (nSPS) is 10.9. The third kappa shape index (κ3) is 3.85. The number of nitrogens with zero attached hydrogens (tertiary/aromatic N) is 2. The van der Waals surface area contributed by atoms with Crippen LogP contribution in [-0.4, -0.2) is 42.1 Å². The summed E-state index contributed by atoms with van der Waals surface area (Å²) in [5, 5.41) is 32.4. The average molecular weight is 319 g/mol. The van der Waals surface area contributed by atoms with Crippen molar-refractivity contribution in [2.24, 2.45) is 0 Å². The number of carboxylic acids is 1. The Morgan fingerprint density at radius 2 is 1.67 bits per heavy atom. The maximum absolute atomic E-state index is 11.4. The smallest absolute Gasteiger partial charge is 0.322 e. The van der Waals surface area contributed by atoms with Gasteiger partial charge in [-0.2, -0.15) is 0 Å². The molecule has 12 heteroatoms. The van der Waals surface area contributed by atoms with Crippen LogP contribution in [0.25, 0.3) is 0 Å². The lowest BCUT2D eigenvalue weighted by Crippen LogP contribution is -2.15. The highest BCUT2D eigenvalue weighted by Crippen LogP contribution is 2.36. The number of nitro groups is 2. The van der Waals surface area contributed by atoms with Crippen molar-refractivity contribution >= 4 is 32.9 Å². The molecule has 0 heterocycles. The van der Waals surface area contributed by atoms with E-state index in [0.717, 1.165) is 6.26 Å². The molecule has 0 spiro atoms.